The maximum absolute atomic E-state index is 12.3. The minimum Gasteiger partial charge on any atom is -0.346 e. The van der Waals surface area contributed by atoms with Crippen LogP contribution in [0.2, 0.25) is 0 Å². The van der Waals surface area contributed by atoms with Crippen LogP contribution in [0.25, 0.3) is 0 Å². The highest BCUT2D eigenvalue weighted by Crippen LogP contribution is 2.30. The van der Waals surface area contributed by atoms with Gasteiger partial charge in [-0.05, 0) is 37.5 Å². The number of aromatic nitrogens is 2. The molecular weight excluding hydrogens is 308 g/mol. The second-order valence-corrected chi connectivity index (χ2v) is 5.88. The monoisotopic (exact) mass is 326 g/mol. The third kappa shape index (κ3) is 3.87. The van der Waals surface area contributed by atoms with Gasteiger partial charge in [0.2, 0.25) is 5.91 Å². The molecule has 7 nitrogen and oxygen atoms in total. The molecule has 1 aliphatic carbocycles. The van der Waals surface area contributed by atoms with Crippen molar-refractivity contribution in [3.63, 3.8) is 0 Å². The molecule has 0 unspecified atom stereocenters. The van der Waals surface area contributed by atoms with Crippen molar-refractivity contribution in [3.05, 3.63) is 57.8 Å². The van der Waals surface area contributed by atoms with E-state index in [0.29, 0.717) is 16.9 Å². The van der Waals surface area contributed by atoms with Gasteiger partial charge in [0, 0.05) is 23.2 Å². The van der Waals surface area contributed by atoms with E-state index in [1.807, 2.05) is 6.92 Å². The Morgan fingerprint density at radius 2 is 2.08 bits per heavy atom. The lowest BCUT2D eigenvalue weighted by molar-refractivity contribution is -0.117. The maximum atomic E-state index is 12.3. The Hall–Kier alpha value is -2.96. The smallest absolute Gasteiger partial charge is 0.251 e. The number of carbonyl (C=O) groups is 2. The summed E-state index contributed by atoms with van der Waals surface area (Å²) in [6.45, 7) is 2.03. The number of benzene rings is 1. The van der Waals surface area contributed by atoms with E-state index in [0.717, 1.165) is 18.4 Å². The number of aromatic amines is 1. The molecule has 3 N–H and O–H groups in total. The number of H-pyrrole nitrogens is 1. The lowest BCUT2D eigenvalue weighted by Crippen LogP contribution is -2.24. The number of hydrogen-bond acceptors (Lipinski definition) is 4. The molecule has 7 heteroatoms. The molecule has 1 aliphatic rings. The summed E-state index contributed by atoms with van der Waals surface area (Å²) in [6, 6.07) is 6.48. The van der Waals surface area contributed by atoms with Crippen LogP contribution in [0.15, 0.2) is 35.4 Å². The van der Waals surface area contributed by atoms with Crippen LogP contribution >= 0.6 is 0 Å². The predicted octanol–water partition coefficient (Wildman–Crippen LogP) is 1.36. The molecule has 24 heavy (non-hydrogen) atoms. The first kappa shape index (κ1) is 15.9. The molecule has 1 saturated carbocycles. The summed E-state index contributed by atoms with van der Waals surface area (Å²) in [6.07, 6.45) is 3.14. The second-order valence-electron chi connectivity index (χ2n) is 5.88. The normalized spacial score (nSPS) is 13.4. The van der Waals surface area contributed by atoms with Crippen LogP contribution in [0.5, 0.6) is 0 Å². The van der Waals surface area contributed by atoms with Crippen molar-refractivity contribution in [2.75, 3.05) is 5.32 Å². The van der Waals surface area contributed by atoms with Crippen LogP contribution in [-0.4, -0.2) is 21.8 Å². The SMILES string of the molecule is Cc1ccc(C(=O)NCc2cc(=O)[nH]cn2)cc1NC(=O)C1CC1. The Morgan fingerprint density at radius 1 is 1.29 bits per heavy atom. The number of aryl methyl sites for hydroxylation is 1. The van der Waals surface area contributed by atoms with E-state index in [-0.39, 0.29) is 29.8 Å². The van der Waals surface area contributed by atoms with Crippen molar-refractivity contribution in [2.45, 2.75) is 26.3 Å². The lowest BCUT2D eigenvalue weighted by atomic mass is 10.1. The molecule has 1 aromatic heterocycles. The number of amides is 2. The molecule has 1 aromatic carbocycles. The Kier molecular flexibility index (Phi) is 4.41. The molecule has 3 rings (SSSR count). The molecule has 0 saturated heterocycles. The summed E-state index contributed by atoms with van der Waals surface area (Å²) in [5, 5.41) is 5.58. The van der Waals surface area contributed by atoms with E-state index in [9.17, 15) is 14.4 Å². The topological polar surface area (TPSA) is 104 Å². The second kappa shape index (κ2) is 6.66. The van der Waals surface area contributed by atoms with Gasteiger partial charge in [-0.3, -0.25) is 14.4 Å². The average molecular weight is 326 g/mol. The predicted molar refractivity (Wildman–Crippen MR) is 88.6 cm³/mol. The van der Waals surface area contributed by atoms with E-state index in [4.69, 9.17) is 0 Å². The summed E-state index contributed by atoms with van der Waals surface area (Å²) < 4.78 is 0. The highest BCUT2D eigenvalue weighted by atomic mass is 16.2. The van der Waals surface area contributed by atoms with Gasteiger partial charge in [-0.15, -0.1) is 0 Å². The number of rotatable bonds is 5. The minimum absolute atomic E-state index is 0.00312. The fourth-order valence-electron chi connectivity index (χ4n) is 2.26. The standard InChI is InChI=1S/C17H18N4O3/c1-10-2-3-12(6-14(10)21-17(24)11-4-5-11)16(23)18-8-13-7-15(22)20-9-19-13/h2-3,6-7,9,11H,4-5,8H2,1H3,(H,18,23)(H,21,24)(H,19,20,22). The molecule has 0 aliphatic heterocycles. The lowest BCUT2D eigenvalue weighted by Gasteiger charge is -2.10. The number of hydrogen-bond donors (Lipinski definition) is 3. The maximum Gasteiger partial charge on any atom is 0.251 e. The number of carbonyl (C=O) groups excluding carboxylic acids is 2. The van der Waals surface area contributed by atoms with Crippen molar-refractivity contribution in [1.82, 2.24) is 15.3 Å². The number of anilines is 1. The molecule has 2 amide bonds. The van der Waals surface area contributed by atoms with Crippen LogP contribution in [0.3, 0.4) is 0 Å². The highest BCUT2D eigenvalue weighted by molar-refractivity contribution is 5.98. The molecule has 0 atom stereocenters. The first-order valence-electron chi connectivity index (χ1n) is 7.76. The Labute approximate surface area is 138 Å². The van der Waals surface area contributed by atoms with Crippen LogP contribution in [0, 0.1) is 12.8 Å². The summed E-state index contributed by atoms with van der Waals surface area (Å²) in [5.74, 6) is -0.188. The van der Waals surface area contributed by atoms with Crippen molar-refractivity contribution in [1.29, 1.82) is 0 Å². The van der Waals surface area contributed by atoms with E-state index in [1.165, 1.54) is 12.4 Å². The van der Waals surface area contributed by atoms with Gasteiger partial charge in [-0.25, -0.2) is 4.98 Å². The van der Waals surface area contributed by atoms with Gasteiger partial charge in [0.05, 0.1) is 18.6 Å². The molecule has 0 radical (unpaired) electrons. The first-order valence-corrected chi connectivity index (χ1v) is 7.76. The van der Waals surface area contributed by atoms with Gasteiger partial charge < -0.3 is 15.6 Å². The van der Waals surface area contributed by atoms with Gasteiger partial charge in [0.1, 0.15) is 0 Å². The third-order valence-corrected chi connectivity index (χ3v) is 3.87. The van der Waals surface area contributed by atoms with E-state index in [2.05, 4.69) is 20.6 Å². The molecule has 0 bridgehead atoms. The van der Waals surface area contributed by atoms with Crippen LogP contribution in [-0.2, 0) is 11.3 Å². The summed E-state index contributed by atoms with van der Waals surface area (Å²) in [4.78, 5) is 41.8. The fraction of sp³-hybridized carbons (Fsp3) is 0.294. The Bertz CT molecular complexity index is 840. The van der Waals surface area contributed by atoms with Gasteiger partial charge in [0.25, 0.3) is 11.5 Å². The quantitative estimate of drug-likeness (QED) is 0.771. The zero-order chi connectivity index (χ0) is 17.1. The molecule has 124 valence electrons. The zero-order valence-corrected chi connectivity index (χ0v) is 13.3. The highest BCUT2D eigenvalue weighted by Gasteiger charge is 2.29. The van der Waals surface area contributed by atoms with E-state index >= 15 is 0 Å². The molecule has 1 heterocycles. The third-order valence-electron chi connectivity index (χ3n) is 3.87. The van der Waals surface area contributed by atoms with Gasteiger partial charge in [-0.1, -0.05) is 6.07 Å². The Morgan fingerprint density at radius 3 is 2.79 bits per heavy atom. The molecular formula is C17H18N4O3. The molecule has 2 aromatic rings. The van der Waals surface area contributed by atoms with Crippen LogP contribution in [0.4, 0.5) is 5.69 Å². The van der Waals surface area contributed by atoms with Gasteiger partial charge in [-0.2, -0.15) is 0 Å². The van der Waals surface area contributed by atoms with Crippen molar-refractivity contribution < 1.29 is 9.59 Å². The summed E-state index contributed by atoms with van der Waals surface area (Å²) >= 11 is 0. The Balaban J connectivity index is 1.67. The largest absolute Gasteiger partial charge is 0.346 e. The number of nitrogens with zero attached hydrogens (tertiary/aromatic N) is 1. The molecule has 1 fully saturated rings. The van der Waals surface area contributed by atoms with Crippen molar-refractivity contribution in [3.8, 4) is 0 Å². The average Bonchev–Trinajstić information content (AvgIpc) is 3.39. The minimum atomic E-state index is -0.293. The van der Waals surface area contributed by atoms with Gasteiger partial charge in [0.15, 0.2) is 0 Å². The summed E-state index contributed by atoms with van der Waals surface area (Å²) in [5.41, 5.74) is 2.19. The first-order chi connectivity index (χ1) is 11.5. The van der Waals surface area contributed by atoms with Gasteiger partial charge >= 0.3 is 0 Å². The number of nitrogens with one attached hydrogen (secondary N) is 3. The van der Waals surface area contributed by atoms with Crippen LogP contribution < -0.4 is 16.2 Å². The van der Waals surface area contributed by atoms with Crippen molar-refractivity contribution in [2.24, 2.45) is 5.92 Å². The fourth-order valence-corrected chi connectivity index (χ4v) is 2.26. The summed E-state index contributed by atoms with van der Waals surface area (Å²) in [7, 11) is 0. The van der Waals surface area contributed by atoms with Crippen molar-refractivity contribution >= 4 is 17.5 Å². The van der Waals surface area contributed by atoms with Crippen LogP contribution in [0.1, 0.15) is 34.5 Å². The van der Waals surface area contributed by atoms with E-state index in [1.54, 1.807) is 18.2 Å². The van der Waals surface area contributed by atoms with E-state index < -0.39 is 0 Å². The molecule has 0 spiro atoms. The zero-order valence-electron chi connectivity index (χ0n) is 13.3.